The standard InChI is InChI=1S/C22H23FN2O8S/c1-14(21(26)24-12-15-2-5-18-19(10-15)32-13-31-18)33-22(27)16-3-4-17(23)20(11-16)34(28,29)25-6-8-30-9-7-25/h2-5,10-11,14H,6-9,12-13H2,1H3,(H,24,26). The third-order valence-corrected chi connectivity index (χ3v) is 7.23. The normalized spacial score (nSPS) is 16.6. The molecule has 1 amide bonds. The van der Waals surface area contributed by atoms with Crippen LogP contribution < -0.4 is 14.8 Å². The molecule has 2 heterocycles. The summed E-state index contributed by atoms with van der Waals surface area (Å²) in [6.45, 7) is 2.23. The molecule has 1 N–H and O–H groups in total. The Bertz CT molecular complexity index is 1200. The van der Waals surface area contributed by atoms with Gasteiger partial charge in [-0.3, -0.25) is 4.79 Å². The van der Waals surface area contributed by atoms with Gasteiger partial charge in [0.25, 0.3) is 5.91 Å². The zero-order chi connectivity index (χ0) is 24.3. The summed E-state index contributed by atoms with van der Waals surface area (Å²) in [5, 5.41) is 2.65. The number of carbonyl (C=O) groups is 2. The van der Waals surface area contributed by atoms with Crippen LogP contribution in [0.2, 0.25) is 0 Å². The summed E-state index contributed by atoms with van der Waals surface area (Å²) in [5.41, 5.74) is 0.566. The van der Waals surface area contributed by atoms with Crippen LogP contribution in [0.5, 0.6) is 11.5 Å². The maximum atomic E-state index is 14.3. The van der Waals surface area contributed by atoms with Gasteiger partial charge in [-0.25, -0.2) is 17.6 Å². The van der Waals surface area contributed by atoms with E-state index in [2.05, 4.69) is 5.32 Å². The molecule has 12 heteroatoms. The number of halogens is 1. The number of ether oxygens (including phenoxy) is 4. The highest BCUT2D eigenvalue weighted by Gasteiger charge is 2.30. The number of nitrogens with one attached hydrogen (secondary N) is 1. The van der Waals surface area contributed by atoms with Crippen molar-refractivity contribution >= 4 is 21.9 Å². The molecule has 0 aliphatic carbocycles. The smallest absolute Gasteiger partial charge is 0.338 e. The van der Waals surface area contributed by atoms with Crippen LogP contribution in [0.3, 0.4) is 0 Å². The van der Waals surface area contributed by atoms with Crippen LogP contribution in [0, 0.1) is 5.82 Å². The quantitative estimate of drug-likeness (QED) is 0.574. The minimum absolute atomic E-state index is 0.0804. The van der Waals surface area contributed by atoms with Crippen LogP contribution in [0.15, 0.2) is 41.3 Å². The number of sulfonamides is 1. The third-order valence-electron chi connectivity index (χ3n) is 5.31. The Morgan fingerprint density at radius 2 is 1.85 bits per heavy atom. The number of fused-ring (bicyclic) bond motifs is 1. The zero-order valence-corrected chi connectivity index (χ0v) is 19.1. The van der Waals surface area contributed by atoms with Gasteiger partial charge in [-0.2, -0.15) is 4.31 Å². The first-order valence-corrected chi connectivity index (χ1v) is 11.9. The third kappa shape index (κ3) is 5.13. The molecule has 1 unspecified atom stereocenters. The lowest BCUT2D eigenvalue weighted by atomic mass is 10.2. The maximum absolute atomic E-state index is 14.3. The van der Waals surface area contributed by atoms with Crippen LogP contribution in [0.4, 0.5) is 4.39 Å². The first-order chi connectivity index (χ1) is 16.3. The number of carbonyl (C=O) groups excluding carboxylic acids is 2. The Kier molecular flexibility index (Phi) is 7.00. The van der Waals surface area contributed by atoms with Crippen molar-refractivity contribution < 1.29 is 41.3 Å². The number of rotatable bonds is 7. The summed E-state index contributed by atoms with van der Waals surface area (Å²) in [6.07, 6.45) is -1.18. The summed E-state index contributed by atoms with van der Waals surface area (Å²) in [7, 11) is -4.17. The average molecular weight is 494 g/mol. The molecule has 10 nitrogen and oxygen atoms in total. The molecule has 0 radical (unpaired) electrons. The topological polar surface area (TPSA) is 120 Å². The number of nitrogens with zero attached hydrogens (tertiary/aromatic N) is 1. The SMILES string of the molecule is CC(OC(=O)c1ccc(F)c(S(=O)(=O)N2CCOCC2)c1)C(=O)NCc1ccc2c(c1)OCO2. The van der Waals surface area contributed by atoms with E-state index in [1.165, 1.54) is 6.92 Å². The van der Waals surface area contributed by atoms with Crippen LogP contribution in [0.1, 0.15) is 22.8 Å². The molecule has 0 aromatic heterocycles. The van der Waals surface area contributed by atoms with E-state index in [4.69, 9.17) is 18.9 Å². The molecule has 1 fully saturated rings. The number of hydrogen-bond acceptors (Lipinski definition) is 8. The van der Waals surface area contributed by atoms with Gasteiger partial charge in [0, 0.05) is 19.6 Å². The summed E-state index contributed by atoms with van der Waals surface area (Å²) >= 11 is 0. The number of amides is 1. The van der Waals surface area contributed by atoms with Gasteiger partial charge in [0.05, 0.1) is 18.8 Å². The Hall–Kier alpha value is -3.22. The second-order valence-corrected chi connectivity index (χ2v) is 9.52. The second kappa shape index (κ2) is 9.95. The molecular formula is C22H23FN2O8S. The Morgan fingerprint density at radius 3 is 2.62 bits per heavy atom. The Balaban J connectivity index is 1.38. The highest BCUT2D eigenvalue weighted by atomic mass is 32.2. The van der Waals surface area contributed by atoms with Gasteiger partial charge in [0.2, 0.25) is 16.8 Å². The van der Waals surface area contributed by atoms with Crippen molar-refractivity contribution in [1.82, 2.24) is 9.62 Å². The summed E-state index contributed by atoms with van der Waals surface area (Å²) < 4.78 is 61.9. The van der Waals surface area contributed by atoms with Crippen LogP contribution >= 0.6 is 0 Å². The monoisotopic (exact) mass is 494 g/mol. The number of benzene rings is 2. The van der Waals surface area contributed by atoms with Gasteiger partial charge < -0.3 is 24.3 Å². The van der Waals surface area contributed by atoms with Crippen LogP contribution in [-0.2, 0) is 30.8 Å². The van der Waals surface area contributed by atoms with E-state index in [0.717, 1.165) is 28.1 Å². The Labute approximate surface area is 195 Å². The van der Waals surface area contributed by atoms with E-state index in [1.807, 2.05) is 0 Å². The van der Waals surface area contributed by atoms with Gasteiger partial charge in [0.1, 0.15) is 10.7 Å². The van der Waals surface area contributed by atoms with E-state index in [9.17, 15) is 22.4 Å². The first-order valence-electron chi connectivity index (χ1n) is 10.5. The maximum Gasteiger partial charge on any atom is 0.338 e. The summed E-state index contributed by atoms with van der Waals surface area (Å²) in [4.78, 5) is 24.3. The molecule has 0 spiro atoms. The molecule has 2 aromatic carbocycles. The van der Waals surface area contributed by atoms with Gasteiger partial charge in [-0.15, -0.1) is 0 Å². The van der Waals surface area contributed by atoms with Crippen molar-refractivity contribution in [3.8, 4) is 11.5 Å². The van der Waals surface area contributed by atoms with Crippen molar-refractivity contribution in [1.29, 1.82) is 0 Å². The summed E-state index contributed by atoms with van der Waals surface area (Å²) in [6, 6.07) is 8.12. The zero-order valence-electron chi connectivity index (χ0n) is 18.3. The molecule has 2 aliphatic heterocycles. The van der Waals surface area contributed by atoms with Gasteiger partial charge >= 0.3 is 5.97 Å². The van der Waals surface area contributed by atoms with Crippen molar-refractivity contribution in [2.45, 2.75) is 24.5 Å². The fourth-order valence-electron chi connectivity index (χ4n) is 3.42. The van der Waals surface area contributed by atoms with Crippen LogP contribution in [-0.4, -0.2) is 63.8 Å². The largest absolute Gasteiger partial charge is 0.454 e. The van der Waals surface area contributed by atoms with Gasteiger partial charge in [-0.05, 0) is 42.8 Å². The van der Waals surface area contributed by atoms with Crippen molar-refractivity contribution in [2.24, 2.45) is 0 Å². The van der Waals surface area contributed by atoms with E-state index in [1.54, 1.807) is 18.2 Å². The van der Waals surface area contributed by atoms with E-state index in [-0.39, 0.29) is 45.2 Å². The van der Waals surface area contributed by atoms with E-state index >= 15 is 0 Å². The number of esters is 1. The van der Waals surface area contributed by atoms with E-state index < -0.39 is 38.7 Å². The minimum Gasteiger partial charge on any atom is -0.454 e. The average Bonchev–Trinajstić information content (AvgIpc) is 3.31. The van der Waals surface area contributed by atoms with Gasteiger partial charge in [0.15, 0.2) is 17.6 Å². The van der Waals surface area contributed by atoms with E-state index in [0.29, 0.717) is 11.5 Å². The predicted octanol–water partition coefficient (Wildman–Crippen LogP) is 1.44. The summed E-state index contributed by atoms with van der Waals surface area (Å²) in [5.74, 6) is -1.31. The lowest BCUT2D eigenvalue weighted by molar-refractivity contribution is -0.129. The highest BCUT2D eigenvalue weighted by molar-refractivity contribution is 7.89. The molecular weight excluding hydrogens is 471 g/mol. The molecule has 182 valence electrons. The van der Waals surface area contributed by atoms with Gasteiger partial charge in [-0.1, -0.05) is 6.07 Å². The van der Waals surface area contributed by atoms with Crippen molar-refractivity contribution in [2.75, 3.05) is 33.1 Å². The molecule has 4 rings (SSSR count). The lowest BCUT2D eigenvalue weighted by Crippen LogP contribution is -2.41. The number of hydrogen-bond donors (Lipinski definition) is 1. The first kappa shape index (κ1) is 23.9. The molecule has 1 atom stereocenters. The molecule has 34 heavy (non-hydrogen) atoms. The Morgan fingerprint density at radius 1 is 1.12 bits per heavy atom. The van der Waals surface area contributed by atoms with Crippen molar-refractivity contribution in [3.63, 3.8) is 0 Å². The second-order valence-electron chi connectivity index (χ2n) is 7.61. The fraction of sp³-hybridized carbons (Fsp3) is 0.364. The molecule has 0 bridgehead atoms. The highest BCUT2D eigenvalue weighted by Crippen LogP contribution is 2.32. The van der Waals surface area contributed by atoms with Crippen LogP contribution in [0.25, 0.3) is 0 Å². The molecule has 2 aliphatic rings. The van der Waals surface area contributed by atoms with Crippen molar-refractivity contribution in [3.05, 3.63) is 53.3 Å². The lowest BCUT2D eigenvalue weighted by Gasteiger charge is -2.26. The minimum atomic E-state index is -4.17. The molecule has 2 aromatic rings. The fourth-order valence-corrected chi connectivity index (χ4v) is 4.92. The molecule has 1 saturated heterocycles. The number of morpholine rings is 1. The molecule has 0 saturated carbocycles. The predicted molar refractivity (Wildman–Crippen MR) is 115 cm³/mol.